The van der Waals surface area contributed by atoms with E-state index in [1.54, 1.807) is 0 Å². The molecule has 0 saturated heterocycles. The zero-order valence-corrected chi connectivity index (χ0v) is 15.2. The van der Waals surface area contributed by atoms with Crippen LogP contribution in [0, 0.1) is 29.6 Å². The minimum Gasteiger partial charge on any atom is -0.460 e. The highest BCUT2D eigenvalue weighted by atomic mass is 16.5. The standard InChI is InChI=1S/C22H26O2/c1-7-17(16(4)18-11-9-8-10-12-18)14-24-21(23)20-19(13-15(2)3)22(20,5)6/h1,8-13,19-20H,14H2,2-6H3/b17-16+. The molecular formula is C22H26O2. The number of carbonyl (C=O) groups is 1. The van der Waals surface area contributed by atoms with E-state index in [0.717, 1.165) is 11.1 Å². The predicted octanol–water partition coefficient (Wildman–Crippen LogP) is 4.87. The quantitative estimate of drug-likeness (QED) is 0.439. The van der Waals surface area contributed by atoms with Gasteiger partial charge in [0, 0.05) is 5.57 Å². The van der Waals surface area contributed by atoms with Crippen LogP contribution in [-0.2, 0) is 9.53 Å². The molecule has 0 heterocycles. The Balaban J connectivity index is 2.06. The second kappa shape index (κ2) is 7.09. The Morgan fingerprint density at radius 2 is 1.88 bits per heavy atom. The van der Waals surface area contributed by atoms with Crippen molar-refractivity contribution >= 4 is 11.5 Å². The van der Waals surface area contributed by atoms with Gasteiger partial charge in [-0.1, -0.05) is 61.7 Å². The van der Waals surface area contributed by atoms with E-state index in [-0.39, 0.29) is 29.8 Å². The van der Waals surface area contributed by atoms with E-state index >= 15 is 0 Å². The lowest BCUT2D eigenvalue weighted by Crippen LogP contribution is -2.13. The van der Waals surface area contributed by atoms with Crippen LogP contribution in [0.4, 0.5) is 0 Å². The van der Waals surface area contributed by atoms with Gasteiger partial charge in [-0.3, -0.25) is 4.79 Å². The lowest BCUT2D eigenvalue weighted by atomic mass is 10.0. The van der Waals surface area contributed by atoms with Gasteiger partial charge in [0.15, 0.2) is 0 Å². The zero-order chi connectivity index (χ0) is 17.9. The monoisotopic (exact) mass is 322 g/mol. The van der Waals surface area contributed by atoms with Crippen LogP contribution in [0.15, 0.2) is 47.6 Å². The van der Waals surface area contributed by atoms with Gasteiger partial charge in [0.25, 0.3) is 0 Å². The number of benzene rings is 1. The number of ether oxygens (including phenoxy) is 1. The fourth-order valence-corrected chi connectivity index (χ4v) is 3.15. The number of allylic oxidation sites excluding steroid dienone is 3. The molecule has 0 amide bonds. The average Bonchev–Trinajstić information content (AvgIpc) is 3.08. The minimum absolute atomic E-state index is 0.0388. The van der Waals surface area contributed by atoms with Crippen molar-refractivity contribution in [1.82, 2.24) is 0 Å². The summed E-state index contributed by atoms with van der Waals surface area (Å²) in [6.45, 7) is 10.4. The SMILES string of the molecule is C#C/C(COC(=O)C1C(C=C(C)C)C1(C)C)=C(/C)c1ccccc1. The molecule has 0 spiro atoms. The molecule has 2 unspecified atom stereocenters. The van der Waals surface area contributed by atoms with E-state index in [1.807, 2.05) is 37.3 Å². The first-order valence-electron chi connectivity index (χ1n) is 8.32. The predicted molar refractivity (Wildman–Crippen MR) is 99.0 cm³/mol. The summed E-state index contributed by atoms with van der Waals surface area (Å²) in [5.41, 5.74) is 3.93. The van der Waals surface area contributed by atoms with Crippen LogP contribution in [0.2, 0.25) is 0 Å². The molecule has 1 fully saturated rings. The van der Waals surface area contributed by atoms with Crippen LogP contribution in [0.25, 0.3) is 5.57 Å². The molecule has 1 saturated carbocycles. The van der Waals surface area contributed by atoms with E-state index < -0.39 is 0 Å². The Labute approximate surface area is 145 Å². The van der Waals surface area contributed by atoms with Gasteiger partial charge in [-0.15, -0.1) is 6.42 Å². The molecule has 1 aliphatic carbocycles. The van der Waals surface area contributed by atoms with Gasteiger partial charge >= 0.3 is 5.97 Å². The maximum absolute atomic E-state index is 12.4. The zero-order valence-electron chi connectivity index (χ0n) is 15.2. The lowest BCUT2D eigenvalue weighted by molar-refractivity contribution is -0.145. The van der Waals surface area contributed by atoms with Gasteiger partial charge in [0.2, 0.25) is 0 Å². The molecule has 0 aliphatic heterocycles. The van der Waals surface area contributed by atoms with E-state index in [4.69, 9.17) is 11.2 Å². The van der Waals surface area contributed by atoms with Crippen LogP contribution in [0.3, 0.4) is 0 Å². The molecule has 0 aromatic heterocycles. The van der Waals surface area contributed by atoms with Crippen LogP contribution < -0.4 is 0 Å². The summed E-state index contributed by atoms with van der Waals surface area (Å²) in [7, 11) is 0. The summed E-state index contributed by atoms with van der Waals surface area (Å²) in [4.78, 5) is 12.4. The highest BCUT2D eigenvalue weighted by Crippen LogP contribution is 2.59. The molecule has 2 nitrogen and oxygen atoms in total. The maximum atomic E-state index is 12.4. The molecule has 0 bridgehead atoms. The van der Waals surface area contributed by atoms with E-state index in [2.05, 4.69) is 39.7 Å². The van der Waals surface area contributed by atoms with Crippen molar-refractivity contribution in [3.8, 4) is 12.3 Å². The molecule has 0 N–H and O–H groups in total. The van der Waals surface area contributed by atoms with Crippen molar-refractivity contribution in [2.24, 2.45) is 17.3 Å². The smallest absolute Gasteiger partial charge is 0.310 e. The molecule has 1 aromatic rings. The summed E-state index contributed by atoms with van der Waals surface area (Å²) >= 11 is 0. The highest BCUT2D eigenvalue weighted by molar-refractivity contribution is 5.79. The molecule has 2 rings (SSSR count). The van der Waals surface area contributed by atoms with E-state index in [9.17, 15) is 4.79 Å². The third-order valence-electron chi connectivity index (χ3n) is 4.87. The van der Waals surface area contributed by atoms with Crippen molar-refractivity contribution in [3.63, 3.8) is 0 Å². The molecule has 24 heavy (non-hydrogen) atoms. The number of hydrogen-bond donors (Lipinski definition) is 0. The Kier molecular flexibility index (Phi) is 5.34. The van der Waals surface area contributed by atoms with Gasteiger partial charge in [-0.05, 0) is 43.2 Å². The molecular weight excluding hydrogens is 296 g/mol. The summed E-state index contributed by atoms with van der Waals surface area (Å²) in [6, 6.07) is 9.91. The van der Waals surface area contributed by atoms with Gasteiger partial charge in [-0.2, -0.15) is 0 Å². The second-order valence-electron chi connectivity index (χ2n) is 7.29. The second-order valence-corrected chi connectivity index (χ2v) is 7.29. The van der Waals surface area contributed by atoms with Gasteiger partial charge in [0.05, 0.1) is 5.92 Å². The Bertz CT molecular complexity index is 710. The Hall–Kier alpha value is -2.27. The Morgan fingerprint density at radius 3 is 2.42 bits per heavy atom. The van der Waals surface area contributed by atoms with Crippen molar-refractivity contribution in [3.05, 3.63) is 53.1 Å². The minimum atomic E-state index is -0.156. The number of hydrogen-bond acceptors (Lipinski definition) is 2. The lowest BCUT2D eigenvalue weighted by Gasteiger charge is -2.09. The van der Waals surface area contributed by atoms with E-state index in [1.165, 1.54) is 5.57 Å². The molecule has 1 aliphatic rings. The number of rotatable bonds is 5. The van der Waals surface area contributed by atoms with Crippen molar-refractivity contribution < 1.29 is 9.53 Å². The number of terminal acetylenes is 1. The topological polar surface area (TPSA) is 26.3 Å². The third-order valence-corrected chi connectivity index (χ3v) is 4.87. The van der Waals surface area contributed by atoms with E-state index in [0.29, 0.717) is 5.57 Å². The first-order valence-corrected chi connectivity index (χ1v) is 8.32. The normalized spacial score (nSPS) is 22.0. The summed E-state index contributed by atoms with van der Waals surface area (Å²) < 4.78 is 5.54. The van der Waals surface area contributed by atoms with Crippen LogP contribution >= 0.6 is 0 Å². The summed E-state index contributed by atoms with van der Waals surface area (Å²) in [5, 5.41) is 0. The Morgan fingerprint density at radius 1 is 1.25 bits per heavy atom. The fraction of sp³-hybridized carbons (Fsp3) is 0.409. The highest BCUT2D eigenvalue weighted by Gasteiger charge is 2.61. The molecule has 1 aromatic carbocycles. The molecule has 0 radical (unpaired) electrons. The summed E-state index contributed by atoms with van der Waals surface area (Å²) in [5.74, 6) is 2.69. The molecule has 2 heteroatoms. The van der Waals surface area contributed by atoms with Crippen molar-refractivity contribution in [2.75, 3.05) is 6.61 Å². The fourth-order valence-electron chi connectivity index (χ4n) is 3.15. The average molecular weight is 322 g/mol. The first-order chi connectivity index (χ1) is 11.3. The maximum Gasteiger partial charge on any atom is 0.310 e. The van der Waals surface area contributed by atoms with Crippen LogP contribution in [-0.4, -0.2) is 12.6 Å². The largest absolute Gasteiger partial charge is 0.460 e. The first kappa shape index (κ1) is 18.1. The van der Waals surface area contributed by atoms with Gasteiger partial charge < -0.3 is 4.74 Å². The van der Waals surface area contributed by atoms with Gasteiger partial charge in [0.1, 0.15) is 6.61 Å². The van der Waals surface area contributed by atoms with Crippen molar-refractivity contribution in [2.45, 2.75) is 34.6 Å². The third kappa shape index (κ3) is 3.79. The van der Waals surface area contributed by atoms with Gasteiger partial charge in [-0.25, -0.2) is 0 Å². The molecule has 126 valence electrons. The molecule has 2 atom stereocenters. The van der Waals surface area contributed by atoms with Crippen molar-refractivity contribution in [1.29, 1.82) is 0 Å². The number of esters is 1. The van der Waals surface area contributed by atoms with Crippen LogP contribution in [0.1, 0.15) is 40.2 Å². The van der Waals surface area contributed by atoms with Crippen LogP contribution in [0.5, 0.6) is 0 Å². The number of carbonyl (C=O) groups excluding carboxylic acids is 1. The summed E-state index contributed by atoms with van der Waals surface area (Å²) in [6.07, 6.45) is 7.79.